The van der Waals surface area contributed by atoms with Crippen LogP contribution in [0.3, 0.4) is 0 Å². The van der Waals surface area contributed by atoms with Gasteiger partial charge < -0.3 is 14.0 Å². The number of benzene rings is 1. The highest BCUT2D eigenvalue weighted by molar-refractivity contribution is 7.89. The summed E-state index contributed by atoms with van der Waals surface area (Å²) in [5, 5.41) is 3.71. The molecule has 1 aromatic carbocycles. The van der Waals surface area contributed by atoms with Crippen LogP contribution in [0.2, 0.25) is 0 Å². The quantitative estimate of drug-likeness (QED) is 0.623. The molecule has 29 heavy (non-hydrogen) atoms. The van der Waals surface area contributed by atoms with Gasteiger partial charge in [-0.2, -0.15) is 0 Å². The number of hydrogen-bond acceptors (Lipinski definition) is 7. The van der Waals surface area contributed by atoms with Crippen molar-refractivity contribution in [2.24, 2.45) is 0 Å². The number of nitrogens with one attached hydrogen (secondary N) is 1. The van der Waals surface area contributed by atoms with E-state index >= 15 is 0 Å². The molecular formula is C19H28ClN3O5S. The number of aryl methyl sites for hydroxylation is 2. The maximum Gasteiger partial charge on any atom is 0.245 e. The van der Waals surface area contributed by atoms with Crippen LogP contribution in [0.4, 0.5) is 0 Å². The lowest BCUT2D eigenvalue weighted by Crippen LogP contribution is -2.34. The number of halogens is 1. The highest BCUT2D eigenvalue weighted by Crippen LogP contribution is 2.33. The lowest BCUT2D eigenvalue weighted by Gasteiger charge is -2.29. The van der Waals surface area contributed by atoms with E-state index in [1.165, 1.54) is 11.1 Å². The Labute approximate surface area is 178 Å². The molecule has 1 aliphatic rings. The first-order chi connectivity index (χ1) is 13.4. The van der Waals surface area contributed by atoms with Gasteiger partial charge in [-0.05, 0) is 56.5 Å². The normalized spacial score (nSPS) is 14.2. The van der Waals surface area contributed by atoms with Crippen molar-refractivity contribution < 1.29 is 22.4 Å². The molecular weight excluding hydrogens is 418 g/mol. The van der Waals surface area contributed by atoms with Crippen LogP contribution in [0.1, 0.15) is 29.0 Å². The molecule has 0 radical (unpaired) electrons. The molecule has 0 saturated heterocycles. The average molecular weight is 446 g/mol. The highest BCUT2D eigenvalue weighted by Gasteiger charge is 2.24. The van der Waals surface area contributed by atoms with E-state index in [-0.39, 0.29) is 17.3 Å². The summed E-state index contributed by atoms with van der Waals surface area (Å²) < 4.78 is 43.2. The van der Waals surface area contributed by atoms with Crippen LogP contribution in [-0.4, -0.2) is 52.3 Å². The van der Waals surface area contributed by atoms with Gasteiger partial charge in [0.2, 0.25) is 10.0 Å². The lowest BCUT2D eigenvalue weighted by atomic mass is 9.98. The molecule has 0 spiro atoms. The molecule has 2 aromatic rings. The van der Waals surface area contributed by atoms with Crippen LogP contribution >= 0.6 is 12.4 Å². The van der Waals surface area contributed by atoms with Crippen molar-refractivity contribution in [3.63, 3.8) is 0 Å². The fourth-order valence-corrected chi connectivity index (χ4v) is 4.97. The van der Waals surface area contributed by atoms with Crippen molar-refractivity contribution in [1.82, 2.24) is 14.8 Å². The molecule has 8 nitrogen and oxygen atoms in total. The van der Waals surface area contributed by atoms with Gasteiger partial charge in [0.1, 0.15) is 10.6 Å². The van der Waals surface area contributed by atoms with Gasteiger partial charge in [-0.3, -0.25) is 4.90 Å². The molecule has 0 unspecified atom stereocenters. The van der Waals surface area contributed by atoms with E-state index in [2.05, 4.69) is 14.8 Å². The van der Waals surface area contributed by atoms with E-state index in [4.69, 9.17) is 14.0 Å². The van der Waals surface area contributed by atoms with Crippen LogP contribution in [0.5, 0.6) is 11.5 Å². The second-order valence-corrected chi connectivity index (χ2v) is 8.61. The first-order valence-corrected chi connectivity index (χ1v) is 10.7. The Morgan fingerprint density at radius 1 is 1.17 bits per heavy atom. The van der Waals surface area contributed by atoms with Gasteiger partial charge in [-0.15, -0.1) is 12.4 Å². The fourth-order valence-electron chi connectivity index (χ4n) is 3.57. The Balaban J connectivity index is 0.00000300. The van der Waals surface area contributed by atoms with Gasteiger partial charge >= 0.3 is 0 Å². The predicted molar refractivity (Wildman–Crippen MR) is 112 cm³/mol. The molecule has 1 aliphatic heterocycles. The molecule has 162 valence electrons. The predicted octanol–water partition coefficient (Wildman–Crippen LogP) is 2.46. The van der Waals surface area contributed by atoms with Crippen molar-refractivity contribution in [1.29, 1.82) is 0 Å². The summed E-state index contributed by atoms with van der Waals surface area (Å²) >= 11 is 0. The van der Waals surface area contributed by atoms with Gasteiger partial charge in [-0.25, -0.2) is 13.1 Å². The summed E-state index contributed by atoms with van der Waals surface area (Å²) in [5.74, 6) is 1.79. The van der Waals surface area contributed by atoms with Crippen LogP contribution < -0.4 is 14.2 Å². The maximum absolute atomic E-state index is 12.4. The minimum absolute atomic E-state index is 0. The number of hydrogen-bond donors (Lipinski definition) is 1. The third-order valence-corrected chi connectivity index (χ3v) is 6.68. The summed E-state index contributed by atoms with van der Waals surface area (Å²) in [6.07, 6.45) is 1.64. The van der Waals surface area contributed by atoms with Crippen LogP contribution in [0, 0.1) is 13.8 Å². The van der Waals surface area contributed by atoms with E-state index in [1.54, 1.807) is 28.1 Å². The van der Waals surface area contributed by atoms with E-state index in [0.29, 0.717) is 24.4 Å². The second-order valence-electron chi connectivity index (χ2n) is 6.91. The van der Waals surface area contributed by atoms with Crippen molar-refractivity contribution in [3.8, 4) is 11.5 Å². The number of sulfonamides is 1. The third kappa shape index (κ3) is 5.22. The van der Waals surface area contributed by atoms with Gasteiger partial charge in [0.15, 0.2) is 17.3 Å². The Morgan fingerprint density at radius 2 is 1.83 bits per heavy atom. The van der Waals surface area contributed by atoms with E-state index in [0.717, 1.165) is 37.6 Å². The van der Waals surface area contributed by atoms with Crippen LogP contribution in [0.25, 0.3) is 0 Å². The summed E-state index contributed by atoms with van der Waals surface area (Å²) in [4.78, 5) is 2.46. The summed E-state index contributed by atoms with van der Waals surface area (Å²) in [7, 11) is -0.325. The van der Waals surface area contributed by atoms with Crippen molar-refractivity contribution in [2.45, 2.75) is 38.1 Å². The number of rotatable bonds is 8. The molecule has 0 bridgehead atoms. The minimum Gasteiger partial charge on any atom is -0.493 e. The number of aromatic nitrogens is 1. The number of methoxy groups -OCH3 is 2. The molecule has 0 fully saturated rings. The Kier molecular flexibility index (Phi) is 7.93. The molecule has 0 amide bonds. The van der Waals surface area contributed by atoms with E-state index in [9.17, 15) is 8.42 Å². The lowest BCUT2D eigenvalue weighted by molar-refractivity contribution is 0.250. The summed E-state index contributed by atoms with van der Waals surface area (Å²) in [6, 6.07) is 4.07. The molecule has 0 saturated carbocycles. The minimum atomic E-state index is -3.60. The Bertz CT molecular complexity index is 926. The van der Waals surface area contributed by atoms with Gasteiger partial charge in [0, 0.05) is 19.6 Å². The van der Waals surface area contributed by atoms with Crippen LogP contribution in [0.15, 0.2) is 21.6 Å². The number of fused-ring (bicyclic) bond motifs is 1. The molecule has 1 N–H and O–H groups in total. The molecule has 3 rings (SSSR count). The molecule has 0 atom stereocenters. The van der Waals surface area contributed by atoms with E-state index in [1.807, 2.05) is 12.1 Å². The maximum atomic E-state index is 12.4. The zero-order valence-electron chi connectivity index (χ0n) is 17.1. The van der Waals surface area contributed by atoms with Crippen molar-refractivity contribution in [3.05, 3.63) is 34.7 Å². The number of nitrogens with zero attached hydrogens (tertiary/aromatic N) is 2. The molecule has 2 heterocycles. The standard InChI is InChI=1S/C19H27N3O5S.ClH/c1-13-19(14(2)27-21-13)28(23,24)20-7-5-8-22-9-6-15-10-17(25-3)18(26-4)11-16(15)12-22;/h10-11,20H,5-9,12H2,1-4H3;1H. The Hall–Kier alpha value is -1.81. The monoisotopic (exact) mass is 445 g/mol. The third-order valence-electron chi connectivity index (χ3n) is 4.98. The smallest absolute Gasteiger partial charge is 0.245 e. The topological polar surface area (TPSA) is 93.9 Å². The molecule has 0 aliphatic carbocycles. The first-order valence-electron chi connectivity index (χ1n) is 9.24. The molecule has 1 aromatic heterocycles. The second kappa shape index (κ2) is 9.80. The first kappa shape index (κ1) is 23.5. The van der Waals surface area contributed by atoms with Gasteiger partial charge in [-0.1, -0.05) is 5.16 Å². The fraction of sp³-hybridized carbons (Fsp3) is 0.526. The molecule has 10 heteroatoms. The van der Waals surface area contributed by atoms with Crippen molar-refractivity contribution >= 4 is 22.4 Å². The summed E-state index contributed by atoms with van der Waals surface area (Å²) in [6.45, 7) is 6.13. The average Bonchev–Trinajstić information content (AvgIpc) is 3.03. The zero-order chi connectivity index (χ0) is 20.3. The van der Waals surface area contributed by atoms with Crippen LogP contribution in [-0.2, 0) is 23.0 Å². The largest absolute Gasteiger partial charge is 0.493 e. The summed E-state index contributed by atoms with van der Waals surface area (Å²) in [5.41, 5.74) is 2.87. The van der Waals surface area contributed by atoms with Crippen molar-refractivity contribution in [2.75, 3.05) is 33.9 Å². The number of ether oxygens (including phenoxy) is 2. The van der Waals surface area contributed by atoms with E-state index < -0.39 is 10.0 Å². The zero-order valence-corrected chi connectivity index (χ0v) is 18.8. The van der Waals surface area contributed by atoms with Gasteiger partial charge in [0.05, 0.1) is 14.2 Å². The van der Waals surface area contributed by atoms with Gasteiger partial charge in [0.25, 0.3) is 0 Å². The SMILES string of the molecule is COc1cc2c(cc1OC)CN(CCCNS(=O)(=O)c1c(C)noc1C)CC2.Cl. The Morgan fingerprint density at radius 3 is 2.41 bits per heavy atom. The highest BCUT2D eigenvalue weighted by atomic mass is 35.5.